The second-order valence-electron chi connectivity index (χ2n) is 8.97. The quantitative estimate of drug-likeness (QED) is 0.422. The first-order valence-electron chi connectivity index (χ1n) is 11.7. The van der Waals surface area contributed by atoms with E-state index in [1.807, 2.05) is 6.07 Å². The van der Waals surface area contributed by atoms with Crippen LogP contribution in [0.4, 0.5) is 4.39 Å². The molecule has 0 bridgehead atoms. The van der Waals surface area contributed by atoms with E-state index in [1.165, 1.54) is 25.7 Å². The smallest absolute Gasteiger partial charge is 0.160 e. The zero-order chi connectivity index (χ0) is 19.8. The van der Waals surface area contributed by atoms with E-state index in [4.69, 9.17) is 9.47 Å². The van der Waals surface area contributed by atoms with E-state index in [-0.39, 0.29) is 12.1 Å². The molecule has 1 saturated heterocycles. The largest absolute Gasteiger partial charge is 0.352 e. The van der Waals surface area contributed by atoms with Crippen molar-refractivity contribution in [1.29, 1.82) is 0 Å². The Hall–Kier alpha value is -0.930. The molecule has 0 unspecified atom stereocenters. The summed E-state index contributed by atoms with van der Waals surface area (Å²) < 4.78 is 26.8. The van der Waals surface area contributed by atoms with Crippen LogP contribution in [-0.4, -0.2) is 19.5 Å². The van der Waals surface area contributed by atoms with Gasteiger partial charge in [0.2, 0.25) is 0 Å². The molecular formula is C25H39FO2. The predicted molar refractivity (Wildman–Crippen MR) is 113 cm³/mol. The number of unbranched alkanes of at least 4 members (excludes halogenated alkanes) is 3. The van der Waals surface area contributed by atoms with Crippen LogP contribution in [-0.2, 0) is 15.9 Å². The van der Waals surface area contributed by atoms with Crippen molar-refractivity contribution in [1.82, 2.24) is 0 Å². The monoisotopic (exact) mass is 390 g/mol. The van der Waals surface area contributed by atoms with E-state index in [0.29, 0.717) is 17.8 Å². The minimum Gasteiger partial charge on any atom is -0.352 e. The summed E-state index contributed by atoms with van der Waals surface area (Å²) in [6, 6.07) is 5.94. The van der Waals surface area contributed by atoms with E-state index >= 15 is 0 Å². The van der Waals surface area contributed by atoms with Crippen LogP contribution in [0.15, 0.2) is 18.2 Å². The lowest BCUT2D eigenvalue weighted by Gasteiger charge is -2.37. The Morgan fingerprint density at radius 1 is 0.929 bits per heavy atom. The molecule has 2 aliphatic rings. The van der Waals surface area contributed by atoms with Gasteiger partial charge in [0, 0.05) is 11.8 Å². The highest BCUT2D eigenvalue weighted by Gasteiger charge is 2.33. The molecule has 28 heavy (non-hydrogen) atoms. The summed E-state index contributed by atoms with van der Waals surface area (Å²) in [5.74, 6) is 1.39. The highest BCUT2D eigenvalue weighted by atomic mass is 19.1. The lowest BCUT2D eigenvalue weighted by Crippen LogP contribution is -2.38. The molecule has 1 aromatic carbocycles. The maximum atomic E-state index is 14.6. The fourth-order valence-electron chi connectivity index (χ4n) is 4.82. The Bertz CT molecular complexity index is 572. The molecule has 1 aromatic rings. The van der Waals surface area contributed by atoms with E-state index in [2.05, 4.69) is 19.9 Å². The predicted octanol–water partition coefficient (Wildman–Crippen LogP) is 7.01. The van der Waals surface area contributed by atoms with Crippen LogP contribution in [0.2, 0.25) is 0 Å². The van der Waals surface area contributed by atoms with Crippen LogP contribution < -0.4 is 0 Å². The lowest BCUT2D eigenvalue weighted by molar-refractivity contribution is -0.229. The van der Waals surface area contributed by atoms with Crippen LogP contribution in [0.3, 0.4) is 0 Å². The molecule has 0 N–H and O–H groups in total. The Balaban J connectivity index is 1.44. The van der Waals surface area contributed by atoms with Crippen molar-refractivity contribution in [3.05, 3.63) is 35.1 Å². The summed E-state index contributed by atoms with van der Waals surface area (Å²) in [6.07, 6.45) is 12.5. The highest BCUT2D eigenvalue weighted by Crippen LogP contribution is 2.40. The summed E-state index contributed by atoms with van der Waals surface area (Å²) in [7, 11) is 0. The lowest BCUT2D eigenvalue weighted by atomic mass is 9.78. The van der Waals surface area contributed by atoms with Gasteiger partial charge in [0.1, 0.15) is 5.82 Å². The van der Waals surface area contributed by atoms with Crippen molar-refractivity contribution in [3.8, 4) is 0 Å². The van der Waals surface area contributed by atoms with E-state index in [1.54, 1.807) is 6.07 Å². The van der Waals surface area contributed by atoms with Gasteiger partial charge in [-0.1, -0.05) is 51.7 Å². The van der Waals surface area contributed by atoms with Gasteiger partial charge in [-0.15, -0.1) is 0 Å². The molecule has 1 saturated carbocycles. The van der Waals surface area contributed by atoms with Crippen molar-refractivity contribution >= 4 is 0 Å². The number of ether oxygens (including phenoxy) is 2. The van der Waals surface area contributed by atoms with Crippen molar-refractivity contribution in [3.63, 3.8) is 0 Å². The molecule has 3 rings (SSSR count). The Kier molecular flexibility index (Phi) is 8.79. The Morgan fingerprint density at radius 2 is 1.64 bits per heavy atom. The normalized spacial score (nSPS) is 28.4. The number of aryl methyl sites for hydroxylation is 1. The van der Waals surface area contributed by atoms with Crippen molar-refractivity contribution in [2.24, 2.45) is 11.8 Å². The number of benzene rings is 1. The summed E-state index contributed by atoms with van der Waals surface area (Å²) in [5, 5.41) is 0. The summed E-state index contributed by atoms with van der Waals surface area (Å²) in [6.45, 7) is 6.12. The molecule has 1 aliphatic carbocycles. The minimum absolute atomic E-state index is 0.00265. The first-order chi connectivity index (χ1) is 13.7. The first-order valence-corrected chi connectivity index (χ1v) is 11.7. The summed E-state index contributed by atoms with van der Waals surface area (Å²) in [5.41, 5.74) is 2.05. The molecular weight excluding hydrogens is 351 g/mol. The zero-order valence-electron chi connectivity index (χ0n) is 17.9. The molecule has 0 radical (unpaired) electrons. The van der Waals surface area contributed by atoms with Gasteiger partial charge in [0.25, 0.3) is 0 Å². The summed E-state index contributed by atoms with van der Waals surface area (Å²) in [4.78, 5) is 0. The average molecular weight is 391 g/mol. The minimum atomic E-state index is -0.0374. The molecule has 2 fully saturated rings. The molecule has 0 spiro atoms. The van der Waals surface area contributed by atoms with Gasteiger partial charge in [-0.3, -0.25) is 0 Å². The van der Waals surface area contributed by atoms with Gasteiger partial charge in [-0.05, 0) is 68.1 Å². The van der Waals surface area contributed by atoms with E-state index < -0.39 is 0 Å². The number of rotatable bonds is 9. The van der Waals surface area contributed by atoms with E-state index in [0.717, 1.165) is 69.3 Å². The standard InChI is InChI=1S/C25H39FO2/c1-3-5-7-9-20-17-27-25(28-18-20)22-13-11-21(12-14-22)23-15-10-19(8-6-4-2)16-24(23)26/h10,15-16,20-22,25H,3-9,11-14,17-18H2,1-2H3. The zero-order valence-corrected chi connectivity index (χ0v) is 17.9. The van der Waals surface area contributed by atoms with Crippen LogP contribution >= 0.6 is 0 Å². The van der Waals surface area contributed by atoms with E-state index in [9.17, 15) is 4.39 Å². The molecule has 2 nitrogen and oxygen atoms in total. The van der Waals surface area contributed by atoms with Crippen molar-refractivity contribution < 1.29 is 13.9 Å². The molecule has 3 heteroatoms. The third kappa shape index (κ3) is 6.03. The Morgan fingerprint density at radius 3 is 2.29 bits per heavy atom. The third-order valence-corrected chi connectivity index (χ3v) is 6.69. The van der Waals surface area contributed by atoms with Crippen LogP contribution in [0, 0.1) is 17.7 Å². The maximum Gasteiger partial charge on any atom is 0.160 e. The molecule has 0 atom stereocenters. The number of hydrogen-bond donors (Lipinski definition) is 0. The molecule has 1 heterocycles. The number of hydrogen-bond acceptors (Lipinski definition) is 2. The number of halogens is 1. The first kappa shape index (κ1) is 21.8. The fourth-order valence-corrected chi connectivity index (χ4v) is 4.82. The van der Waals surface area contributed by atoms with Gasteiger partial charge >= 0.3 is 0 Å². The van der Waals surface area contributed by atoms with Crippen molar-refractivity contribution in [2.75, 3.05) is 13.2 Å². The van der Waals surface area contributed by atoms with Crippen LogP contribution in [0.5, 0.6) is 0 Å². The topological polar surface area (TPSA) is 18.5 Å². The SMILES string of the molecule is CCCCCC1COC(C2CCC(c3ccc(CCCC)cc3F)CC2)OC1. The van der Waals surface area contributed by atoms with Crippen LogP contribution in [0.25, 0.3) is 0 Å². The second-order valence-corrected chi connectivity index (χ2v) is 8.97. The van der Waals surface area contributed by atoms with Crippen LogP contribution in [0.1, 0.15) is 95.1 Å². The molecule has 0 amide bonds. The van der Waals surface area contributed by atoms with Gasteiger partial charge in [-0.2, -0.15) is 0 Å². The molecule has 1 aliphatic heterocycles. The van der Waals surface area contributed by atoms with Gasteiger partial charge in [0.05, 0.1) is 13.2 Å². The van der Waals surface area contributed by atoms with Gasteiger partial charge in [-0.25, -0.2) is 4.39 Å². The second kappa shape index (κ2) is 11.3. The Labute approximate surface area is 171 Å². The van der Waals surface area contributed by atoms with Gasteiger partial charge in [0.15, 0.2) is 6.29 Å². The maximum absolute atomic E-state index is 14.6. The van der Waals surface area contributed by atoms with Crippen molar-refractivity contribution in [2.45, 2.75) is 96.7 Å². The third-order valence-electron chi connectivity index (χ3n) is 6.69. The van der Waals surface area contributed by atoms with Gasteiger partial charge < -0.3 is 9.47 Å². The fraction of sp³-hybridized carbons (Fsp3) is 0.760. The summed E-state index contributed by atoms with van der Waals surface area (Å²) >= 11 is 0. The average Bonchev–Trinajstić information content (AvgIpc) is 2.73. The highest BCUT2D eigenvalue weighted by molar-refractivity contribution is 5.27. The molecule has 158 valence electrons. The molecule has 0 aromatic heterocycles.